The summed E-state index contributed by atoms with van der Waals surface area (Å²) in [6.45, 7) is 34.4. The number of rotatable bonds is 7. The van der Waals surface area contributed by atoms with E-state index in [1.165, 1.54) is 20.9 Å². The molecule has 0 bridgehead atoms. The molecule has 424 valence electrons. The van der Waals surface area contributed by atoms with Crippen molar-refractivity contribution in [1.29, 1.82) is 0 Å². The van der Waals surface area contributed by atoms with Crippen LogP contribution < -0.4 is 28.4 Å². The molecule has 0 unspecified atom stereocenters. The van der Waals surface area contributed by atoms with Crippen LogP contribution in [-0.4, -0.2) is 58.6 Å². The van der Waals surface area contributed by atoms with Gasteiger partial charge in [-0.2, -0.15) is 4.37 Å². The third kappa shape index (κ3) is 20.4. The molecule has 80 heavy (non-hydrogen) atoms. The second-order valence-electron chi connectivity index (χ2n) is 23.4. The van der Waals surface area contributed by atoms with Gasteiger partial charge in [0.15, 0.2) is 5.58 Å². The van der Waals surface area contributed by atoms with Gasteiger partial charge in [0.1, 0.15) is 50.1 Å². The summed E-state index contributed by atoms with van der Waals surface area (Å²) in [4.78, 5) is 13.6. The Kier molecular flexibility index (Phi) is 21.1. The van der Waals surface area contributed by atoms with E-state index < -0.39 is 0 Å². The van der Waals surface area contributed by atoms with Crippen LogP contribution in [0.1, 0.15) is 118 Å². The summed E-state index contributed by atoms with van der Waals surface area (Å²) in [5, 5.41) is 13.1. The number of hydrogen-bond acceptors (Lipinski definition) is 16. The zero-order valence-corrected chi connectivity index (χ0v) is 51.7. The molecule has 8 aromatic heterocycles. The zero-order chi connectivity index (χ0) is 58.3. The minimum Gasteiger partial charge on any atom is -0.490 e. The molecular weight excluding hydrogens is 1060 g/mol. The van der Waals surface area contributed by atoms with Crippen molar-refractivity contribution in [1.82, 2.24) is 24.5 Å². The second-order valence-corrected chi connectivity index (χ2v) is 26.0. The Morgan fingerprint density at radius 2 is 0.988 bits per heavy atom. The molecule has 0 amide bonds. The van der Waals surface area contributed by atoms with Crippen molar-refractivity contribution in [3.63, 3.8) is 0 Å². The molecule has 0 N–H and O–H groups in total. The average molecular weight is 1140 g/mol. The smallest absolute Gasteiger partial charge is 0.262 e. The standard InChI is InChI=1S/C11H13NO2.3C11H13NOS.C10H11NO2.C10H14O/c1-11(2,3)13-10-8-6-4-5-7-9(8)14-12-10;1-11(2,3)13-10-8-5-7-14-9(8)4-6-12-10;1-11(2,3)13-9-4-6-12-10-8(9)5-7-14-10;1-11(2,3)13-10-8-6-4-5-7-9(8)14-12-10;1-7(2)13-9-3-5-11-10-8(9)4-6-12-10;1-10(2,3)11-9-7-5-4-6-8-9/h4*4-7H,1-3H3;3-7H,1-2H3;4-8H,1-3H3. The largest absolute Gasteiger partial charge is 0.490 e. The summed E-state index contributed by atoms with van der Waals surface area (Å²) in [6.07, 6.45) is 7.05. The molecule has 16 heteroatoms. The number of nitrogens with zero attached hydrogens (tertiary/aromatic N) is 5. The van der Waals surface area contributed by atoms with E-state index in [1.807, 2.05) is 232 Å². The molecule has 0 radical (unpaired) electrons. The van der Waals surface area contributed by atoms with Gasteiger partial charge in [0, 0.05) is 23.3 Å². The van der Waals surface area contributed by atoms with E-state index in [2.05, 4.69) is 35.9 Å². The Bertz CT molecular complexity index is 3420. The van der Waals surface area contributed by atoms with E-state index >= 15 is 0 Å². The predicted octanol–water partition coefficient (Wildman–Crippen LogP) is 18.9. The fourth-order valence-electron chi connectivity index (χ4n) is 7.01. The Morgan fingerprint density at radius 1 is 0.438 bits per heavy atom. The van der Waals surface area contributed by atoms with Crippen LogP contribution in [0.4, 0.5) is 0 Å². The van der Waals surface area contributed by atoms with Crippen LogP contribution in [0.3, 0.4) is 0 Å². The number of aromatic nitrogens is 5. The van der Waals surface area contributed by atoms with Crippen LogP contribution in [0, 0.1) is 0 Å². The minimum atomic E-state index is -0.250. The van der Waals surface area contributed by atoms with Crippen molar-refractivity contribution < 1.29 is 37.4 Å². The van der Waals surface area contributed by atoms with Crippen molar-refractivity contribution in [3.05, 3.63) is 151 Å². The van der Waals surface area contributed by atoms with Gasteiger partial charge in [0.2, 0.25) is 17.5 Å². The van der Waals surface area contributed by atoms with Crippen molar-refractivity contribution in [3.8, 4) is 34.9 Å². The first-order valence-electron chi connectivity index (χ1n) is 26.4. The normalized spacial score (nSPS) is 11.7. The molecule has 11 rings (SSSR count). The van der Waals surface area contributed by atoms with Crippen LogP contribution in [0.5, 0.6) is 34.9 Å². The van der Waals surface area contributed by atoms with Crippen molar-refractivity contribution in [2.45, 2.75) is 152 Å². The second kappa shape index (κ2) is 27.3. The first kappa shape index (κ1) is 61.9. The van der Waals surface area contributed by atoms with Gasteiger partial charge in [0.05, 0.1) is 44.0 Å². The van der Waals surface area contributed by atoms with Gasteiger partial charge in [-0.15, -0.1) is 22.7 Å². The first-order chi connectivity index (χ1) is 37.6. The first-order valence-corrected chi connectivity index (χ1v) is 29.0. The van der Waals surface area contributed by atoms with Crippen molar-refractivity contribution in [2.75, 3.05) is 0 Å². The maximum atomic E-state index is 5.84. The summed E-state index contributed by atoms with van der Waals surface area (Å²) in [5.41, 5.74) is 0.502. The van der Waals surface area contributed by atoms with E-state index in [-0.39, 0.29) is 34.1 Å². The summed E-state index contributed by atoms with van der Waals surface area (Å²) in [7, 11) is 0. The number of furan rings is 1. The highest BCUT2D eigenvalue weighted by Crippen LogP contribution is 2.33. The highest BCUT2D eigenvalue weighted by atomic mass is 32.1. The molecule has 0 aliphatic rings. The fraction of sp³-hybridized carbons (Fsp3) is 0.359. The summed E-state index contributed by atoms with van der Waals surface area (Å²) < 4.78 is 51.2. The van der Waals surface area contributed by atoms with Crippen molar-refractivity contribution in [2.24, 2.45) is 0 Å². The number of thiophene rings is 2. The van der Waals surface area contributed by atoms with Gasteiger partial charge < -0.3 is 37.4 Å². The number of pyridine rings is 3. The van der Waals surface area contributed by atoms with Gasteiger partial charge >= 0.3 is 0 Å². The molecule has 0 aliphatic heterocycles. The SMILES string of the molecule is CC(C)(C)Oc1ccccc1.CC(C)(C)Oc1ccnc2sccc12.CC(C)(C)Oc1nccc2sccc12.CC(C)(C)Oc1noc2ccccc12.CC(C)(C)Oc1nsc2ccccc12.CC(C)Oc1ccnc2occc12. The molecule has 11 aromatic rings. The van der Waals surface area contributed by atoms with Crippen molar-refractivity contribution >= 4 is 86.7 Å². The van der Waals surface area contributed by atoms with Crippen LogP contribution in [0.25, 0.3) is 52.5 Å². The number of hydrogen-bond donors (Lipinski definition) is 0. The van der Waals surface area contributed by atoms with Gasteiger partial charge in [-0.1, -0.05) is 42.5 Å². The highest BCUT2D eigenvalue weighted by Gasteiger charge is 2.19. The molecule has 13 nitrogen and oxygen atoms in total. The minimum absolute atomic E-state index is 0.0959. The van der Waals surface area contributed by atoms with E-state index in [0.29, 0.717) is 11.6 Å². The van der Waals surface area contributed by atoms with E-state index in [0.717, 1.165) is 66.4 Å². The van der Waals surface area contributed by atoms with Gasteiger partial charge in [-0.3, -0.25) is 0 Å². The van der Waals surface area contributed by atoms with Gasteiger partial charge in [-0.25, -0.2) is 15.0 Å². The van der Waals surface area contributed by atoms with Gasteiger partial charge in [0.25, 0.3) is 5.88 Å². The Morgan fingerprint density at radius 3 is 1.66 bits per heavy atom. The Labute approximate surface area is 483 Å². The molecule has 0 aliphatic carbocycles. The molecule has 8 heterocycles. The molecule has 0 spiro atoms. The third-order valence-corrected chi connectivity index (χ3v) is 12.4. The Hall–Kier alpha value is -7.27. The maximum Gasteiger partial charge on any atom is 0.262 e. The number of para-hydroxylation sites is 2. The van der Waals surface area contributed by atoms with Gasteiger partial charge in [-0.05, 0) is 218 Å². The molecule has 0 saturated carbocycles. The lowest BCUT2D eigenvalue weighted by molar-refractivity contribution is 0.119. The van der Waals surface area contributed by atoms with E-state index in [9.17, 15) is 0 Å². The van der Waals surface area contributed by atoms with Crippen LogP contribution in [-0.2, 0) is 0 Å². The lowest BCUT2D eigenvalue weighted by Crippen LogP contribution is -2.23. The highest BCUT2D eigenvalue weighted by molar-refractivity contribution is 7.17. The van der Waals surface area contributed by atoms with E-state index in [1.54, 1.807) is 47.5 Å². The molecule has 0 fully saturated rings. The number of fused-ring (bicyclic) bond motifs is 5. The summed E-state index contributed by atoms with van der Waals surface area (Å²) >= 11 is 4.82. The Balaban J connectivity index is 0.000000155. The average Bonchev–Trinajstić information content (AvgIpc) is 4.27. The number of benzene rings is 3. The van der Waals surface area contributed by atoms with Crippen LogP contribution in [0.15, 0.2) is 160 Å². The monoisotopic (exact) mass is 1140 g/mol. The molecule has 3 aromatic carbocycles. The third-order valence-electron chi connectivity index (χ3n) is 9.84. The molecule has 0 saturated heterocycles. The molecular formula is C64H77N5O8S3. The fourth-order valence-corrected chi connectivity index (χ4v) is 9.25. The zero-order valence-electron chi connectivity index (χ0n) is 49.2. The maximum absolute atomic E-state index is 5.84. The summed E-state index contributed by atoms with van der Waals surface area (Å²) in [5.74, 6) is 4.72. The lowest BCUT2D eigenvalue weighted by Gasteiger charge is -2.21. The predicted molar refractivity (Wildman–Crippen MR) is 331 cm³/mol. The molecule has 0 atom stereocenters. The van der Waals surface area contributed by atoms with Crippen LogP contribution >= 0.6 is 34.2 Å². The van der Waals surface area contributed by atoms with Crippen LogP contribution in [0.2, 0.25) is 0 Å². The summed E-state index contributed by atoms with van der Waals surface area (Å²) in [6, 6.07) is 37.4. The van der Waals surface area contributed by atoms with E-state index in [4.69, 9.17) is 37.4 Å². The number of ether oxygens (including phenoxy) is 6. The quantitative estimate of drug-likeness (QED) is 0.149. The topological polar surface area (TPSA) is 146 Å². The lowest BCUT2D eigenvalue weighted by atomic mass is 10.2.